The maximum absolute atomic E-state index is 12.5. The van der Waals surface area contributed by atoms with E-state index in [-0.39, 0.29) is 16.9 Å². The molecule has 0 unspecified atom stereocenters. The Bertz CT molecular complexity index is 1010. The molecule has 1 aliphatic rings. The predicted octanol–water partition coefficient (Wildman–Crippen LogP) is 4.03. The summed E-state index contributed by atoms with van der Waals surface area (Å²) in [4.78, 5) is 24.8. The third kappa shape index (κ3) is 1.98. The fraction of sp³-hybridized carbons (Fsp3) is 0. The molecule has 3 aromatic rings. The van der Waals surface area contributed by atoms with Crippen LogP contribution in [-0.4, -0.2) is 16.7 Å². The van der Waals surface area contributed by atoms with Crippen LogP contribution in [0.2, 0.25) is 0 Å². The van der Waals surface area contributed by atoms with Crippen LogP contribution < -0.4 is 0 Å². The number of benzene rings is 3. The molecule has 0 atom stereocenters. The summed E-state index contributed by atoms with van der Waals surface area (Å²) in [7, 11) is 0. The van der Waals surface area contributed by atoms with Crippen LogP contribution in [0.3, 0.4) is 0 Å². The van der Waals surface area contributed by atoms with Crippen LogP contribution in [0.1, 0.15) is 21.5 Å². The summed E-state index contributed by atoms with van der Waals surface area (Å²) in [6.45, 7) is 0. The minimum absolute atomic E-state index is 0.0689. The van der Waals surface area contributed by atoms with Crippen LogP contribution in [0.4, 0.5) is 0 Å². The van der Waals surface area contributed by atoms with Crippen LogP contribution in [-0.2, 0) is 4.79 Å². The molecule has 0 fully saturated rings. The molecule has 0 bridgehead atoms. The molecule has 0 saturated carbocycles. The number of hydrogen-bond acceptors (Lipinski definition) is 3. The van der Waals surface area contributed by atoms with Gasteiger partial charge in [0, 0.05) is 11.1 Å². The highest BCUT2D eigenvalue weighted by Gasteiger charge is 2.33. The summed E-state index contributed by atoms with van der Waals surface area (Å²) in [6, 6.07) is 19.8. The second-order valence-electron chi connectivity index (χ2n) is 5.49. The third-order valence-corrected chi connectivity index (χ3v) is 4.14. The molecule has 3 nitrogen and oxygen atoms in total. The van der Waals surface area contributed by atoms with E-state index >= 15 is 0 Å². The highest BCUT2D eigenvalue weighted by molar-refractivity contribution is 6.62. The Labute approximate surface area is 132 Å². The fourth-order valence-electron chi connectivity index (χ4n) is 2.98. The molecule has 4 rings (SSSR count). The summed E-state index contributed by atoms with van der Waals surface area (Å²) in [5.74, 6) is -1.39. The standard InChI is InChI=1S/C20H12O3/c21-18-15-7-3-4-8-16(15)19(22)20(23)17(18)14-10-9-12-5-1-2-6-13(12)11-14/h1-11,21H. The minimum atomic E-state index is -0.670. The van der Waals surface area contributed by atoms with Crippen molar-refractivity contribution in [3.63, 3.8) is 0 Å². The summed E-state index contributed by atoms with van der Waals surface area (Å²) in [5.41, 5.74) is 1.27. The number of ketones is 2. The van der Waals surface area contributed by atoms with Gasteiger partial charge in [-0.25, -0.2) is 0 Å². The van der Waals surface area contributed by atoms with E-state index < -0.39 is 11.6 Å². The Hall–Kier alpha value is -3.20. The first-order valence-corrected chi connectivity index (χ1v) is 7.27. The van der Waals surface area contributed by atoms with Crippen molar-refractivity contribution in [1.82, 2.24) is 0 Å². The van der Waals surface area contributed by atoms with Gasteiger partial charge in [-0.2, -0.15) is 0 Å². The summed E-state index contributed by atoms with van der Waals surface area (Å²) in [6.07, 6.45) is 0. The van der Waals surface area contributed by atoms with E-state index in [2.05, 4.69) is 0 Å². The van der Waals surface area contributed by atoms with Crippen LogP contribution in [0.25, 0.3) is 22.1 Å². The number of Topliss-reactive ketones (excluding diaryl/α,β-unsaturated/α-hetero) is 2. The number of aliphatic hydroxyl groups is 1. The molecule has 0 aromatic heterocycles. The van der Waals surface area contributed by atoms with Crippen LogP contribution >= 0.6 is 0 Å². The molecule has 0 heterocycles. The van der Waals surface area contributed by atoms with Crippen molar-refractivity contribution in [2.24, 2.45) is 0 Å². The second-order valence-corrected chi connectivity index (χ2v) is 5.49. The summed E-state index contributed by atoms with van der Waals surface area (Å²) < 4.78 is 0. The van der Waals surface area contributed by atoms with E-state index in [9.17, 15) is 14.7 Å². The molecule has 23 heavy (non-hydrogen) atoms. The lowest BCUT2D eigenvalue weighted by molar-refractivity contribution is -0.110. The zero-order valence-corrected chi connectivity index (χ0v) is 12.1. The number of aliphatic hydroxyl groups excluding tert-OH is 1. The van der Waals surface area contributed by atoms with E-state index in [1.807, 2.05) is 36.4 Å². The second kappa shape index (κ2) is 4.92. The van der Waals surface area contributed by atoms with Crippen molar-refractivity contribution < 1.29 is 14.7 Å². The zero-order chi connectivity index (χ0) is 16.0. The molecular formula is C20H12O3. The van der Waals surface area contributed by atoms with Crippen molar-refractivity contribution in [2.45, 2.75) is 0 Å². The van der Waals surface area contributed by atoms with E-state index in [1.165, 1.54) is 0 Å². The van der Waals surface area contributed by atoms with Crippen LogP contribution in [0.5, 0.6) is 0 Å². The molecule has 0 saturated heterocycles. The highest BCUT2D eigenvalue weighted by atomic mass is 16.3. The van der Waals surface area contributed by atoms with Crippen molar-refractivity contribution >= 4 is 33.7 Å². The third-order valence-electron chi connectivity index (χ3n) is 4.14. The first kappa shape index (κ1) is 13.5. The average Bonchev–Trinajstić information content (AvgIpc) is 2.60. The van der Waals surface area contributed by atoms with Crippen LogP contribution in [0.15, 0.2) is 66.7 Å². The van der Waals surface area contributed by atoms with Crippen molar-refractivity contribution in [1.29, 1.82) is 0 Å². The lowest BCUT2D eigenvalue weighted by Crippen LogP contribution is -2.23. The summed E-state index contributed by atoms with van der Waals surface area (Å²) >= 11 is 0. The van der Waals surface area contributed by atoms with Gasteiger partial charge in [-0.05, 0) is 22.4 Å². The SMILES string of the molecule is O=C1C(=O)c2ccccc2C(O)=C1c1ccc2ccccc2c1. The van der Waals surface area contributed by atoms with Gasteiger partial charge in [0.15, 0.2) is 0 Å². The first-order chi connectivity index (χ1) is 11.2. The average molecular weight is 300 g/mol. The Morgan fingerprint density at radius 1 is 0.652 bits per heavy atom. The lowest BCUT2D eigenvalue weighted by Gasteiger charge is -2.18. The number of fused-ring (bicyclic) bond motifs is 2. The Morgan fingerprint density at radius 3 is 2.09 bits per heavy atom. The molecule has 0 spiro atoms. The molecular weight excluding hydrogens is 288 g/mol. The first-order valence-electron chi connectivity index (χ1n) is 7.27. The van der Waals surface area contributed by atoms with Gasteiger partial charge in [-0.3, -0.25) is 9.59 Å². The molecule has 3 aromatic carbocycles. The quantitative estimate of drug-likeness (QED) is 0.690. The van der Waals surface area contributed by atoms with Crippen LogP contribution in [0, 0.1) is 0 Å². The fourth-order valence-corrected chi connectivity index (χ4v) is 2.98. The van der Waals surface area contributed by atoms with Gasteiger partial charge in [-0.1, -0.05) is 60.7 Å². The topological polar surface area (TPSA) is 54.4 Å². The number of allylic oxidation sites excluding steroid dienone is 1. The van der Waals surface area contributed by atoms with Gasteiger partial charge < -0.3 is 5.11 Å². The smallest absolute Gasteiger partial charge is 0.237 e. The van der Waals surface area contributed by atoms with E-state index in [0.717, 1.165) is 10.8 Å². The number of hydrogen-bond donors (Lipinski definition) is 1. The Kier molecular flexibility index (Phi) is 2.88. The van der Waals surface area contributed by atoms with E-state index in [4.69, 9.17) is 0 Å². The van der Waals surface area contributed by atoms with E-state index in [1.54, 1.807) is 30.3 Å². The van der Waals surface area contributed by atoms with Crippen molar-refractivity contribution in [3.8, 4) is 0 Å². The molecule has 3 heteroatoms. The van der Waals surface area contributed by atoms with Crippen molar-refractivity contribution in [2.75, 3.05) is 0 Å². The molecule has 0 amide bonds. The lowest BCUT2D eigenvalue weighted by atomic mass is 9.85. The number of carbonyl (C=O) groups is 2. The van der Waals surface area contributed by atoms with Gasteiger partial charge in [0.2, 0.25) is 11.6 Å². The maximum Gasteiger partial charge on any atom is 0.237 e. The van der Waals surface area contributed by atoms with E-state index in [0.29, 0.717) is 11.1 Å². The monoisotopic (exact) mass is 300 g/mol. The molecule has 0 aliphatic heterocycles. The van der Waals surface area contributed by atoms with Gasteiger partial charge in [0.1, 0.15) is 5.76 Å². The Morgan fingerprint density at radius 2 is 1.30 bits per heavy atom. The molecule has 1 aliphatic carbocycles. The largest absolute Gasteiger partial charge is 0.506 e. The van der Waals surface area contributed by atoms with Gasteiger partial charge in [-0.15, -0.1) is 0 Å². The normalized spacial score (nSPS) is 14.3. The van der Waals surface area contributed by atoms with Gasteiger partial charge >= 0.3 is 0 Å². The predicted molar refractivity (Wildman–Crippen MR) is 89.2 cm³/mol. The molecule has 110 valence electrons. The summed E-state index contributed by atoms with van der Waals surface area (Å²) in [5, 5.41) is 12.5. The highest BCUT2D eigenvalue weighted by Crippen LogP contribution is 2.34. The zero-order valence-electron chi connectivity index (χ0n) is 12.1. The van der Waals surface area contributed by atoms with Crippen molar-refractivity contribution in [3.05, 3.63) is 83.4 Å². The molecule has 1 N–H and O–H groups in total. The minimum Gasteiger partial charge on any atom is -0.506 e. The number of rotatable bonds is 1. The number of carbonyl (C=O) groups excluding carboxylic acids is 2. The Balaban J connectivity index is 1.99. The van der Waals surface area contributed by atoms with Gasteiger partial charge in [0.25, 0.3) is 0 Å². The molecule has 0 radical (unpaired) electrons. The maximum atomic E-state index is 12.5. The van der Waals surface area contributed by atoms with Gasteiger partial charge in [0.05, 0.1) is 5.57 Å².